The number of nitrogens with one attached hydrogen (secondary N) is 1. The van der Waals surface area contributed by atoms with Crippen molar-refractivity contribution >= 4 is 40.7 Å². The van der Waals surface area contributed by atoms with E-state index in [0.29, 0.717) is 0 Å². The van der Waals surface area contributed by atoms with Gasteiger partial charge in [-0.3, -0.25) is 0 Å². The second kappa shape index (κ2) is 8.83. The third kappa shape index (κ3) is 6.02. The largest absolute Gasteiger partial charge is 0.362 e. The maximum atomic E-state index is 5.88. The Morgan fingerprint density at radius 3 is 2.76 bits per heavy atom. The molecule has 0 amide bonds. The van der Waals surface area contributed by atoms with Crippen molar-refractivity contribution in [1.29, 1.82) is 0 Å². The van der Waals surface area contributed by atoms with Crippen LogP contribution in [0.5, 0.6) is 0 Å². The second-order valence-corrected chi connectivity index (χ2v) is 7.17. The average molecular weight is 344 g/mol. The van der Waals surface area contributed by atoms with Crippen molar-refractivity contribution in [2.75, 3.05) is 45.5 Å². The number of thiocarbonyl (C=S) groups is 1. The van der Waals surface area contributed by atoms with E-state index in [1.807, 2.05) is 23.9 Å². The molecule has 1 heterocycles. The SMILES string of the molecule is CN1CCCN(C(=S)NCCSc2ccc(Cl)cc2)CC1. The quantitative estimate of drug-likeness (QED) is 0.513. The van der Waals surface area contributed by atoms with E-state index in [2.05, 4.69) is 34.3 Å². The van der Waals surface area contributed by atoms with Gasteiger partial charge in [0.05, 0.1) is 0 Å². The first-order chi connectivity index (χ1) is 10.1. The fourth-order valence-corrected chi connectivity index (χ4v) is 3.40. The van der Waals surface area contributed by atoms with Gasteiger partial charge in [-0.05, 0) is 56.5 Å². The zero-order valence-electron chi connectivity index (χ0n) is 12.3. The fourth-order valence-electron chi connectivity index (χ4n) is 2.22. The molecule has 1 aliphatic rings. The standard InChI is InChI=1S/C15H22ClN3S2/c1-18-8-2-9-19(11-10-18)15(20)17-7-12-21-14-5-3-13(16)4-6-14/h3-6H,2,7-12H2,1H3,(H,17,20). The summed E-state index contributed by atoms with van der Waals surface area (Å²) < 4.78 is 0. The lowest BCUT2D eigenvalue weighted by Gasteiger charge is -2.24. The molecule has 1 aliphatic heterocycles. The van der Waals surface area contributed by atoms with Crippen LogP contribution in [0.2, 0.25) is 5.02 Å². The fraction of sp³-hybridized carbons (Fsp3) is 0.533. The highest BCUT2D eigenvalue weighted by Crippen LogP contribution is 2.19. The van der Waals surface area contributed by atoms with Crippen LogP contribution >= 0.6 is 35.6 Å². The Morgan fingerprint density at radius 2 is 2.00 bits per heavy atom. The van der Waals surface area contributed by atoms with E-state index in [0.717, 1.165) is 48.6 Å². The molecule has 0 unspecified atom stereocenters. The van der Waals surface area contributed by atoms with Crippen molar-refractivity contribution in [2.24, 2.45) is 0 Å². The van der Waals surface area contributed by atoms with E-state index in [9.17, 15) is 0 Å². The zero-order chi connectivity index (χ0) is 15.1. The van der Waals surface area contributed by atoms with Gasteiger partial charge in [0.25, 0.3) is 0 Å². The monoisotopic (exact) mass is 343 g/mol. The van der Waals surface area contributed by atoms with Gasteiger partial charge in [-0.2, -0.15) is 0 Å². The van der Waals surface area contributed by atoms with E-state index in [4.69, 9.17) is 23.8 Å². The summed E-state index contributed by atoms with van der Waals surface area (Å²) >= 11 is 13.2. The van der Waals surface area contributed by atoms with Gasteiger partial charge in [-0.15, -0.1) is 11.8 Å². The zero-order valence-corrected chi connectivity index (χ0v) is 14.7. The van der Waals surface area contributed by atoms with Crippen LogP contribution in [-0.2, 0) is 0 Å². The topological polar surface area (TPSA) is 18.5 Å². The first kappa shape index (κ1) is 16.9. The van der Waals surface area contributed by atoms with Crippen LogP contribution < -0.4 is 5.32 Å². The van der Waals surface area contributed by atoms with Gasteiger partial charge in [0.15, 0.2) is 5.11 Å². The average Bonchev–Trinajstić information content (AvgIpc) is 2.70. The molecule has 0 spiro atoms. The maximum Gasteiger partial charge on any atom is 0.169 e. The molecule has 2 rings (SSSR count). The first-order valence-corrected chi connectivity index (χ1v) is 9.02. The summed E-state index contributed by atoms with van der Waals surface area (Å²) in [5, 5.41) is 5.04. The van der Waals surface area contributed by atoms with Crippen molar-refractivity contribution in [3.63, 3.8) is 0 Å². The molecular formula is C15H22ClN3S2. The summed E-state index contributed by atoms with van der Waals surface area (Å²) in [5.74, 6) is 0.996. The molecule has 21 heavy (non-hydrogen) atoms. The third-order valence-corrected chi connectivity index (χ3v) is 5.14. The molecule has 6 heteroatoms. The molecule has 3 nitrogen and oxygen atoms in total. The highest BCUT2D eigenvalue weighted by atomic mass is 35.5. The van der Waals surface area contributed by atoms with Crippen LogP contribution in [-0.4, -0.2) is 60.4 Å². The molecule has 1 fully saturated rings. The van der Waals surface area contributed by atoms with E-state index in [1.165, 1.54) is 11.3 Å². The number of likely N-dealkylation sites (N-methyl/N-ethyl adjacent to an activating group) is 1. The number of hydrogen-bond acceptors (Lipinski definition) is 3. The van der Waals surface area contributed by atoms with Gasteiger partial charge in [0.1, 0.15) is 0 Å². The number of nitrogens with zero attached hydrogens (tertiary/aromatic N) is 2. The van der Waals surface area contributed by atoms with Crippen molar-refractivity contribution in [1.82, 2.24) is 15.1 Å². The van der Waals surface area contributed by atoms with E-state index in [-0.39, 0.29) is 0 Å². The Labute approximate surface area is 142 Å². The van der Waals surface area contributed by atoms with Gasteiger partial charge in [0.2, 0.25) is 0 Å². The molecule has 1 saturated heterocycles. The smallest absolute Gasteiger partial charge is 0.169 e. The van der Waals surface area contributed by atoms with Crippen molar-refractivity contribution in [2.45, 2.75) is 11.3 Å². The molecule has 0 aliphatic carbocycles. The highest BCUT2D eigenvalue weighted by molar-refractivity contribution is 7.99. The molecule has 0 bridgehead atoms. The normalized spacial score (nSPS) is 16.6. The second-order valence-electron chi connectivity index (χ2n) is 5.18. The number of benzene rings is 1. The Kier molecular flexibility index (Phi) is 7.10. The van der Waals surface area contributed by atoms with Crippen molar-refractivity contribution < 1.29 is 0 Å². The Hall–Kier alpha value is -0.490. The number of thioether (sulfide) groups is 1. The Morgan fingerprint density at radius 1 is 1.24 bits per heavy atom. The van der Waals surface area contributed by atoms with Crippen LogP contribution in [0.25, 0.3) is 0 Å². The number of hydrogen-bond donors (Lipinski definition) is 1. The molecule has 0 aromatic heterocycles. The maximum absolute atomic E-state index is 5.88. The lowest BCUT2D eigenvalue weighted by Crippen LogP contribution is -2.42. The third-order valence-electron chi connectivity index (χ3n) is 3.47. The minimum Gasteiger partial charge on any atom is -0.362 e. The lowest BCUT2D eigenvalue weighted by atomic mass is 10.4. The summed E-state index contributed by atoms with van der Waals surface area (Å²) in [5.41, 5.74) is 0. The molecule has 1 aromatic rings. The molecule has 1 aromatic carbocycles. The lowest BCUT2D eigenvalue weighted by molar-refractivity contribution is 0.345. The molecule has 0 atom stereocenters. The van der Waals surface area contributed by atoms with Gasteiger partial charge in [0, 0.05) is 41.8 Å². The highest BCUT2D eigenvalue weighted by Gasteiger charge is 2.13. The van der Waals surface area contributed by atoms with Gasteiger partial charge in [-0.25, -0.2) is 0 Å². The summed E-state index contributed by atoms with van der Waals surface area (Å²) in [6.45, 7) is 5.21. The minimum atomic E-state index is 0.782. The summed E-state index contributed by atoms with van der Waals surface area (Å²) in [7, 11) is 2.17. The van der Waals surface area contributed by atoms with Crippen LogP contribution in [0.3, 0.4) is 0 Å². The summed E-state index contributed by atoms with van der Waals surface area (Å²) in [4.78, 5) is 5.88. The van der Waals surface area contributed by atoms with E-state index < -0.39 is 0 Å². The summed E-state index contributed by atoms with van der Waals surface area (Å²) in [6.07, 6.45) is 1.18. The molecule has 0 radical (unpaired) electrons. The van der Waals surface area contributed by atoms with E-state index >= 15 is 0 Å². The minimum absolute atomic E-state index is 0.782. The number of halogens is 1. The van der Waals surface area contributed by atoms with E-state index in [1.54, 1.807) is 0 Å². The van der Waals surface area contributed by atoms with Crippen LogP contribution in [0.1, 0.15) is 6.42 Å². The molecule has 0 saturated carbocycles. The predicted molar refractivity (Wildman–Crippen MR) is 96.5 cm³/mol. The van der Waals surface area contributed by atoms with Crippen LogP contribution in [0, 0.1) is 0 Å². The van der Waals surface area contributed by atoms with Gasteiger partial charge >= 0.3 is 0 Å². The molecule has 116 valence electrons. The van der Waals surface area contributed by atoms with Crippen molar-refractivity contribution in [3.05, 3.63) is 29.3 Å². The first-order valence-electron chi connectivity index (χ1n) is 7.25. The Balaban J connectivity index is 1.65. The number of rotatable bonds is 4. The van der Waals surface area contributed by atoms with Crippen LogP contribution in [0.15, 0.2) is 29.2 Å². The van der Waals surface area contributed by atoms with Crippen molar-refractivity contribution in [3.8, 4) is 0 Å². The Bertz CT molecular complexity index is 453. The summed E-state index contributed by atoms with van der Waals surface area (Å²) in [6, 6.07) is 7.96. The predicted octanol–water partition coefficient (Wildman–Crippen LogP) is 2.94. The molecule has 1 N–H and O–H groups in total. The molecular weight excluding hydrogens is 322 g/mol. The van der Waals surface area contributed by atoms with Gasteiger partial charge < -0.3 is 15.1 Å². The van der Waals surface area contributed by atoms with Crippen LogP contribution in [0.4, 0.5) is 0 Å². The van der Waals surface area contributed by atoms with Gasteiger partial charge in [-0.1, -0.05) is 11.6 Å².